The van der Waals surface area contributed by atoms with Gasteiger partial charge in [0, 0.05) is 5.56 Å². The van der Waals surface area contributed by atoms with Crippen LogP contribution < -0.4 is 4.74 Å². The number of hydrogen-bond donors (Lipinski definition) is 1. The SMILES string of the molecule is CCOc1ccccc1/C=N\n1cn[nH]c1=S. The third kappa shape index (κ3) is 2.79. The van der Waals surface area contributed by atoms with Crippen molar-refractivity contribution in [2.24, 2.45) is 5.10 Å². The summed E-state index contributed by atoms with van der Waals surface area (Å²) in [4.78, 5) is 0. The number of para-hydroxylation sites is 1. The summed E-state index contributed by atoms with van der Waals surface area (Å²) in [7, 11) is 0. The molecule has 2 aromatic rings. The van der Waals surface area contributed by atoms with Crippen LogP contribution in [0.15, 0.2) is 35.7 Å². The Kier molecular flexibility index (Phi) is 3.66. The molecule has 17 heavy (non-hydrogen) atoms. The molecule has 0 amide bonds. The van der Waals surface area contributed by atoms with Gasteiger partial charge in [0.15, 0.2) is 0 Å². The van der Waals surface area contributed by atoms with Gasteiger partial charge < -0.3 is 4.74 Å². The summed E-state index contributed by atoms with van der Waals surface area (Å²) in [6.45, 7) is 2.57. The Labute approximate surface area is 104 Å². The maximum Gasteiger partial charge on any atom is 0.216 e. The first-order valence-electron chi connectivity index (χ1n) is 5.19. The van der Waals surface area contributed by atoms with Gasteiger partial charge in [0.05, 0.1) is 12.8 Å². The van der Waals surface area contributed by atoms with Gasteiger partial charge in [-0.3, -0.25) is 5.10 Å². The maximum atomic E-state index is 5.49. The molecule has 1 aromatic heterocycles. The van der Waals surface area contributed by atoms with Gasteiger partial charge in [-0.1, -0.05) is 12.1 Å². The lowest BCUT2D eigenvalue weighted by Gasteiger charge is -2.05. The highest BCUT2D eigenvalue weighted by atomic mass is 32.1. The van der Waals surface area contributed by atoms with Crippen LogP contribution >= 0.6 is 12.2 Å². The van der Waals surface area contributed by atoms with E-state index in [-0.39, 0.29) is 0 Å². The Morgan fingerprint density at radius 3 is 3.06 bits per heavy atom. The van der Waals surface area contributed by atoms with Crippen molar-refractivity contribution in [1.29, 1.82) is 0 Å². The number of hydrogen-bond acceptors (Lipinski definition) is 4. The van der Waals surface area contributed by atoms with E-state index in [2.05, 4.69) is 15.3 Å². The van der Waals surface area contributed by atoms with Gasteiger partial charge in [-0.15, -0.1) is 0 Å². The van der Waals surface area contributed by atoms with Crippen LogP contribution in [0, 0.1) is 4.77 Å². The standard InChI is InChI=1S/C11H12N4OS/c1-2-16-10-6-4-3-5-9(10)7-13-15-8-12-14-11(15)17/h3-8H,2H2,1H3,(H,14,17)/b13-7-. The monoisotopic (exact) mass is 248 g/mol. The fraction of sp³-hybridized carbons (Fsp3) is 0.182. The molecule has 0 unspecified atom stereocenters. The summed E-state index contributed by atoms with van der Waals surface area (Å²) < 4.78 is 7.43. The normalized spacial score (nSPS) is 10.9. The van der Waals surface area contributed by atoms with Crippen LogP contribution in [-0.4, -0.2) is 27.7 Å². The third-order valence-corrected chi connectivity index (χ3v) is 2.35. The predicted molar refractivity (Wildman–Crippen MR) is 68.0 cm³/mol. The van der Waals surface area contributed by atoms with Crippen molar-refractivity contribution >= 4 is 18.4 Å². The molecule has 0 aliphatic carbocycles. The molecule has 5 nitrogen and oxygen atoms in total. The van der Waals surface area contributed by atoms with Crippen LogP contribution in [0.25, 0.3) is 0 Å². The van der Waals surface area contributed by atoms with E-state index < -0.39 is 0 Å². The second-order valence-electron chi connectivity index (χ2n) is 3.22. The van der Waals surface area contributed by atoms with Crippen LogP contribution in [-0.2, 0) is 0 Å². The molecule has 1 N–H and O–H groups in total. The summed E-state index contributed by atoms with van der Waals surface area (Å²) in [6, 6.07) is 7.68. The Morgan fingerprint density at radius 1 is 1.53 bits per heavy atom. The number of rotatable bonds is 4. The molecule has 88 valence electrons. The molecule has 2 rings (SSSR count). The largest absolute Gasteiger partial charge is 0.493 e. The Balaban J connectivity index is 2.27. The van der Waals surface area contributed by atoms with Crippen LogP contribution in [0.3, 0.4) is 0 Å². The Morgan fingerprint density at radius 2 is 2.35 bits per heavy atom. The molecule has 6 heteroatoms. The smallest absolute Gasteiger partial charge is 0.216 e. The number of benzene rings is 1. The molecule has 1 heterocycles. The molecular formula is C11H12N4OS. The van der Waals surface area contributed by atoms with Gasteiger partial charge >= 0.3 is 0 Å². The predicted octanol–water partition coefficient (Wildman–Crippen LogP) is 2.22. The van der Waals surface area contributed by atoms with Crippen molar-refractivity contribution in [3.05, 3.63) is 40.9 Å². The lowest BCUT2D eigenvalue weighted by molar-refractivity contribution is 0.340. The van der Waals surface area contributed by atoms with Crippen LogP contribution in [0.1, 0.15) is 12.5 Å². The lowest BCUT2D eigenvalue weighted by atomic mass is 10.2. The molecule has 0 radical (unpaired) electrons. The van der Waals surface area contributed by atoms with Crippen LogP contribution in [0.5, 0.6) is 5.75 Å². The number of nitrogens with zero attached hydrogens (tertiary/aromatic N) is 3. The van der Waals surface area contributed by atoms with Crippen LogP contribution in [0.4, 0.5) is 0 Å². The van der Waals surface area contributed by atoms with Crippen molar-refractivity contribution in [3.63, 3.8) is 0 Å². The fourth-order valence-electron chi connectivity index (χ4n) is 1.32. The van der Waals surface area contributed by atoms with E-state index >= 15 is 0 Å². The highest BCUT2D eigenvalue weighted by molar-refractivity contribution is 7.71. The van der Waals surface area contributed by atoms with E-state index in [0.29, 0.717) is 11.4 Å². The molecule has 0 saturated carbocycles. The molecule has 1 aromatic carbocycles. The summed E-state index contributed by atoms with van der Waals surface area (Å²) >= 11 is 4.98. The zero-order chi connectivity index (χ0) is 12.1. The van der Waals surface area contributed by atoms with Crippen molar-refractivity contribution in [3.8, 4) is 5.75 Å². The lowest BCUT2D eigenvalue weighted by Crippen LogP contribution is -1.96. The molecule has 0 fully saturated rings. The van der Waals surface area contributed by atoms with Crippen molar-refractivity contribution in [1.82, 2.24) is 14.9 Å². The average molecular weight is 248 g/mol. The highest BCUT2D eigenvalue weighted by Gasteiger charge is 1.99. The van der Waals surface area contributed by atoms with Gasteiger partial charge in [-0.25, -0.2) is 0 Å². The molecular weight excluding hydrogens is 236 g/mol. The van der Waals surface area contributed by atoms with Crippen molar-refractivity contribution in [2.45, 2.75) is 6.92 Å². The van der Waals surface area contributed by atoms with Crippen LogP contribution in [0.2, 0.25) is 0 Å². The molecule has 0 atom stereocenters. The topological polar surface area (TPSA) is 55.2 Å². The second-order valence-corrected chi connectivity index (χ2v) is 3.61. The average Bonchev–Trinajstić information content (AvgIpc) is 2.74. The first-order valence-corrected chi connectivity index (χ1v) is 5.60. The minimum absolute atomic E-state index is 0.454. The molecule has 0 aliphatic heterocycles. The summed E-state index contributed by atoms with van der Waals surface area (Å²) in [5.41, 5.74) is 0.900. The number of nitrogens with one attached hydrogen (secondary N) is 1. The molecule has 0 bridgehead atoms. The van der Waals surface area contributed by atoms with E-state index in [1.807, 2.05) is 31.2 Å². The van der Waals surface area contributed by atoms with Gasteiger partial charge in [0.2, 0.25) is 4.77 Å². The van der Waals surface area contributed by atoms with Gasteiger partial charge in [0.1, 0.15) is 12.1 Å². The quantitative estimate of drug-likeness (QED) is 0.666. The Bertz CT molecular complexity index is 573. The highest BCUT2D eigenvalue weighted by Crippen LogP contribution is 2.15. The van der Waals surface area contributed by atoms with Gasteiger partial charge in [0.25, 0.3) is 0 Å². The summed E-state index contributed by atoms with van der Waals surface area (Å²) in [6.07, 6.45) is 3.21. The molecule has 0 aliphatic rings. The minimum Gasteiger partial charge on any atom is -0.493 e. The maximum absolute atomic E-state index is 5.49. The van der Waals surface area contributed by atoms with E-state index in [1.165, 1.54) is 11.0 Å². The van der Waals surface area contributed by atoms with Gasteiger partial charge in [-0.05, 0) is 31.3 Å². The number of aromatic nitrogens is 3. The van der Waals surface area contributed by atoms with Crippen molar-refractivity contribution < 1.29 is 4.74 Å². The summed E-state index contributed by atoms with van der Waals surface area (Å²) in [5.74, 6) is 0.800. The minimum atomic E-state index is 0.454. The van der Waals surface area contributed by atoms with E-state index in [1.54, 1.807) is 6.21 Å². The number of ether oxygens (including phenoxy) is 1. The van der Waals surface area contributed by atoms with Gasteiger partial charge in [-0.2, -0.15) is 14.9 Å². The fourth-order valence-corrected chi connectivity index (χ4v) is 1.47. The first kappa shape index (κ1) is 11.5. The van der Waals surface area contributed by atoms with E-state index in [4.69, 9.17) is 17.0 Å². The Hall–Kier alpha value is -1.95. The zero-order valence-corrected chi connectivity index (χ0v) is 10.1. The summed E-state index contributed by atoms with van der Waals surface area (Å²) in [5, 5.41) is 10.6. The van der Waals surface area contributed by atoms with Crippen molar-refractivity contribution in [2.75, 3.05) is 6.61 Å². The second kappa shape index (κ2) is 5.40. The molecule has 0 spiro atoms. The number of aromatic amines is 1. The first-order chi connectivity index (χ1) is 8.31. The van der Waals surface area contributed by atoms with E-state index in [0.717, 1.165) is 11.3 Å². The zero-order valence-electron chi connectivity index (χ0n) is 9.33. The number of H-pyrrole nitrogens is 1. The van der Waals surface area contributed by atoms with E-state index in [9.17, 15) is 0 Å². The third-order valence-electron chi connectivity index (χ3n) is 2.08. The molecule has 0 saturated heterocycles.